The molecule has 2 aromatic rings. The van der Waals surface area contributed by atoms with Gasteiger partial charge in [-0.2, -0.15) is 0 Å². The molecule has 2 heterocycles. The topological polar surface area (TPSA) is 86.8 Å². The molecule has 8 heteroatoms. The third-order valence-electron chi connectivity index (χ3n) is 6.54. The first-order valence-corrected chi connectivity index (χ1v) is 13.0. The monoisotopic (exact) mass is 469 g/mol. The number of nitrogens with zero attached hydrogens (tertiary/aromatic N) is 2. The first kappa shape index (κ1) is 23.6. The molecule has 176 valence electrons. The van der Waals surface area contributed by atoms with Gasteiger partial charge in [-0.15, -0.1) is 0 Å². The quantitative estimate of drug-likeness (QED) is 0.601. The van der Waals surface area contributed by atoms with E-state index in [9.17, 15) is 18.0 Å². The van der Waals surface area contributed by atoms with Crippen molar-refractivity contribution in [1.82, 2.24) is 14.5 Å². The number of hydrogen-bond donors (Lipinski definition) is 1. The number of hydrogen-bond acceptors (Lipinski definition) is 5. The van der Waals surface area contributed by atoms with Crippen molar-refractivity contribution in [2.24, 2.45) is 0 Å². The molecular formula is C25H31N3O4S. The summed E-state index contributed by atoms with van der Waals surface area (Å²) in [5.41, 5.74) is 1.87. The Morgan fingerprint density at radius 3 is 2.18 bits per heavy atom. The predicted octanol–water partition coefficient (Wildman–Crippen LogP) is 3.07. The second-order valence-corrected chi connectivity index (χ2v) is 10.7. The summed E-state index contributed by atoms with van der Waals surface area (Å²) in [6.45, 7) is 5.56. The summed E-state index contributed by atoms with van der Waals surface area (Å²) in [7, 11) is -3.70. The Hall–Kier alpha value is -2.55. The van der Waals surface area contributed by atoms with Crippen molar-refractivity contribution in [3.8, 4) is 0 Å². The second kappa shape index (κ2) is 10.2. The van der Waals surface area contributed by atoms with E-state index in [1.165, 1.54) is 44.0 Å². The van der Waals surface area contributed by atoms with Gasteiger partial charge < -0.3 is 9.80 Å². The van der Waals surface area contributed by atoms with E-state index < -0.39 is 10.0 Å². The van der Waals surface area contributed by atoms with Crippen LogP contribution in [0.15, 0.2) is 53.4 Å². The molecule has 1 atom stereocenters. The molecule has 2 aromatic carbocycles. The third kappa shape index (κ3) is 5.69. The number of amides is 1. The Labute approximate surface area is 195 Å². The van der Waals surface area contributed by atoms with E-state index in [4.69, 9.17) is 0 Å². The summed E-state index contributed by atoms with van der Waals surface area (Å²) in [5, 5.41) is 0. The van der Waals surface area contributed by atoms with Gasteiger partial charge in [0.1, 0.15) is 0 Å². The molecule has 7 nitrogen and oxygen atoms in total. The van der Waals surface area contributed by atoms with Crippen LogP contribution in [-0.4, -0.2) is 62.1 Å². The standard InChI is InChI=1S/C25H31N3O4S/c1-19(29)21-10-12-24(13-11-21)33(31,32)26-17-20-6-8-22(9-7-20)25(30)28-16-4-5-23(28)18-27-14-2-3-15-27/h6-13,23,26H,2-5,14-18H2,1H3. The summed E-state index contributed by atoms with van der Waals surface area (Å²) in [5.74, 6) is -0.0628. The highest BCUT2D eigenvalue weighted by molar-refractivity contribution is 7.89. The lowest BCUT2D eigenvalue weighted by Gasteiger charge is -2.28. The lowest BCUT2D eigenvalue weighted by atomic mass is 10.1. The summed E-state index contributed by atoms with van der Waals surface area (Å²) < 4.78 is 27.7. The molecule has 0 saturated carbocycles. The van der Waals surface area contributed by atoms with Gasteiger partial charge in [-0.25, -0.2) is 13.1 Å². The average molecular weight is 470 g/mol. The number of carbonyl (C=O) groups excluding carboxylic acids is 2. The first-order valence-electron chi connectivity index (χ1n) is 11.6. The number of likely N-dealkylation sites (tertiary alicyclic amines) is 2. The van der Waals surface area contributed by atoms with Crippen molar-refractivity contribution in [2.45, 2.75) is 50.1 Å². The summed E-state index contributed by atoms with van der Waals surface area (Å²) in [6, 6.07) is 13.3. The van der Waals surface area contributed by atoms with Gasteiger partial charge in [0.05, 0.1) is 4.90 Å². The molecule has 1 N–H and O–H groups in total. The van der Waals surface area contributed by atoms with Crippen LogP contribution < -0.4 is 4.72 Å². The minimum atomic E-state index is -3.70. The molecule has 2 fully saturated rings. The van der Waals surface area contributed by atoms with Crippen molar-refractivity contribution >= 4 is 21.7 Å². The number of carbonyl (C=O) groups is 2. The Morgan fingerprint density at radius 2 is 1.55 bits per heavy atom. The molecule has 2 aliphatic rings. The van der Waals surface area contributed by atoms with E-state index in [1.807, 2.05) is 4.90 Å². The predicted molar refractivity (Wildman–Crippen MR) is 127 cm³/mol. The maximum absolute atomic E-state index is 13.1. The molecule has 2 saturated heterocycles. The van der Waals surface area contributed by atoms with Gasteiger partial charge >= 0.3 is 0 Å². The minimum Gasteiger partial charge on any atom is -0.334 e. The fourth-order valence-corrected chi connectivity index (χ4v) is 5.64. The number of nitrogens with one attached hydrogen (secondary N) is 1. The number of Topliss-reactive ketones (excluding diaryl/α,β-unsaturated/α-hetero) is 1. The van der Waals surface area contributed by atoms with Crippen LogP contribution in [0.5, 0.6) is 0 Å². The Bertz CT molecular complexity index is 1090. The van der Waals surface area contributed by atoms with Crippen LogP contribution in [0.4, 0.5) is 0 Å². The Morgan fingerprint density at radius 1 is 0.909 bits per heavy atom. The van der Waals surface area contributed by atoms with Crippen LogP contribution in [-0.2, 0) is 16.6 Å². The zero-order valence-corrected chi connectivity index (χ0v) is 19.8. The molecule has 1 amide bonds. The van der Waals surface area contributed by atoms with Gasteiger partial charge in [0.25, 0.3) is 5.91 Å². The molecule has 0 bridgehead atoms. The molecule has 0 spiro atoms. The number of rotatable bonds is 8. The van der Waals surface area contributed by atoms with Gasteiger partial charge in [0, 0.05) is 36.8 Å². The maximum atomic E-state index is 13.1. The molecule has 33 heavy (non-hydrogen) atoms. The lowest BCUT2D eigenvalue weighted by Crippen LogP contribution is -2.42. The number of sulfonamides is 1. The molecule has 0 radical (unpaired) electrons. The smallest absolute Gasteiger partial charge is 0.254 e. The van der Waals surface area contributed by atoms with Gasteiger partial charge in [-0.1, -0.05) is 24.3 Å². The van der Waals surface area contributed by atoms with E-state index in [2.05, 4.69) is 9.62 Å². The highest BCUT2D eigenvalue weighted by Gasteiger charge is 2.31. The Kier molecular flexibility index (Phi) is 7.26. The van der Waals surface area contributed by atoms with Gasteiger partial charge in [-0.05, 0) is 75.5 Å². The van der Waals surface area contributed by atoms with E-state index in [1.54, 1.807) is 24.3 Å². The molecule has 4 rings (SSSR count). The minimum absolute atomic E-state index is 0.0504. The van der Waals surface area contributed by atoms with Crippen LogP contribution in [0.2, 0.25) is 0 Å². The maximum Gasteiger partial charge on any atom is 0.254 e. The summed E-state index contributed by atoms with van der Waals surface area (Å²) >= 11 is 0. The Balaban J connectivity index is 1.35. The lowest BCUT2D eigenvalue weighted by molar-refractivity contribution is 0.0708. The van der Waals surface area contributed by atoms with Crippen LogP contribution >= 0.6 is 0 Å². The van der Waals surface area contributed by atoms with Crippen LogP contribution in [0, 0.1) is 0 Å². The van der Waals surface area contributed by atoms with Crippen molar-refractivity contribution in [3.05, 3.63) is 65.2 Å². The zero-order chi connectivity index (χ0) is 23.4. The van der Waals surface area contributed by atoms with Crippen molar-refractivity contribution in [1.29, 1.82) is 0 Å². The van der Waals surface area contributed by atoms with E-state index in [-0.39, 0.29) is 29.2 Å². The molecule has 2 aliphatic heterocycles. The van der Waals surface area contributed by atoms with Gasteiger partial charge in [0.15, 0.2) is 5.78 Å². The highest BCUT2D eigenvalue weighted by Crippen LogP contribution is 2.23. The van der Waals surface area contributed by atoms with E-state index >= 15 is 0 Å². The SMILES string of the molecule is CC(=O)c1ccc(S(=O)(=O)NCc2ccc(C(=O)N3CCCC3CN3CCCC3)cc2)cc1. The average Bonchev–Trinajstić information content (AvgIpc) is 3.50. The second-order valence-electron chi connectivity index (χ2n) is 8.90. The highest BCUT2D eigenvalue weighted by atomic mass is 32.2. The van der Waals surface area contributed by atoms with E-state index in [0.29, 0.717) is 11.1 Å². The fourth-order valence-electron chi connectivity index (χ4n) is 4.62. The zero-order valence-electron chi connectivity index (χ0n) is 19.0. The van der Waals surface area contributed by atoms with Gasteiger partial charge in [0.2, 0.25) is 10.0 Å². The van der Waals surface area contributed by atoms with E-state index in [0.717, 1.165) is 44.6 Å². The fraction of sp³-hybridized carbons (Fsp3) is 0.440. The molecule has 1 unspecified atom stereocenters. The first-order chi connectivity index (χ1) is 15.8. The number of benzene rings is 2. The van der Waals surface area contributed by atoms with Crippen LogP contribution in [0.3, 0.4) is 0 Å². The largest absolute Gasteiger partial charge is 0.334 e. The molecule has 0 aromatic heterocycles. The van der Waals surface area contributed by atoms with Gasteiger partial charge in [-0.3, -0.25) is 9.59 Å². The van der Waals surface area contributed by atoms with Crippen molar-refractivity contribution < 1.29 is 18.0 Å². The molecule has 0 aliphatic carbocycles. The van der Waals surface area contributed by atoms with Crippen LogP contribution in [0.25, 0.3) is 0 Å². The normalized spacial score (nSPS) is 19.2. The summed E-state index contributed by atoms with van der Waals surface area (Å²) in [4.78, 5) is 29.0. The molecular weight excluding hydrogens is 438 g/mol. The van der Waals surface area contributed by atoms with Crippen LogP contribution in [0.1, 0.15) is 58.9 Å². The summed E-state index contributed by atoms with van der Waals surface area (Å²) in [6.07, 6.45) is 4.58. The number of ketones is 1. The van der Waals surface area contributed by atoms with Crippen molar-refractivity contribution in [3.63, 3.8) is 0 Å². The van der Waals surface area contributed by atoms with Crippen molar-refractivity contribution in [2.75, 3.05) is 26.2 Å². The third-order valence-corrected chi connectivity index (χ3v) is 7.96.